The molecule has 2 aromatic carbocycles. The summed E-state index contributed by atoms with van der Waals surface area (Å²) in [6.45, 7) is 1.91. The summed E-state index contributed by atoms with van der Waals surface area (Å²) in [7, 11) is 0. The second-order valence-corrected chi connectivity index (χ2v) is 5.93. The number of para-hydroxylation sites is 1. The lowest BCUT2D eigenvalue weighted by molar-refractivity contribution is -0.118. The molecule has 1 atom stereocenters. The average molecular weight is 342 g/mol. The lowest BCUT2D eigenvalue weighted by atomic mass is 9.93. The van der Waals surface area contributed by atoms with Crippen LogP contribution in [-0.2, 0) is 9.59 Å². The molecule has 0 aromatic heterocycles. The van der Waals surface area contributed by atoms with Gasteiger partial charge in [0.05, 0.1) is 11.4 Å². The van der Waals surface area contributed by atoms with Gasteiger partial charge in [0.25, 0.3) is 5.91 Å². The fourth-order valence-electron chi connectivity index (χ4n) is 2.87. The van der Waals surface area contributed by atoms with Crippen LogP contribution in [-0.4, -0.2) is 18.4 Å². The molecule has 3 rings (SSSR count). The van der Waals surface area contributed by atoms with Crippen molar-refractivity contribution in [2.75, 3.05) is 17.2 Å². The third kappa shape index (κ3) is 3.96. The molecule has 1 heterocycles. The van der Waals surface area contributed by atoms with E-state index in [1.54, 1.807) is 30.3 Å². The number of carbonyl (C=O) groups is 2. The third-order valence-electron chi connectivity index (χ3n) is 4.18. The van der Waals surface area contributed by atoms with Gasteiger partial charge in [0, 0.05) is 6.42 Å². The maximum absolute atomic E-state index is 13.1. The van der Waals surface area contributed by atoms with E-state index in [1.807, 2.05) is 6.92 Å². The van der Waals surface area contributed by atoms with E-state index in [0.717, 1.165) is 12.0 Å². The molecule has 2 N–H and O–H groups in total. The Morgan fingerprint density at radius 3 is 2.76 bits per heavy atom. The molecule has 0 aliphatic carbocycles. The van der Waals surface area contributed by atoms with Crippen molar-refractivity contribution < 1.29 is 18.7 Å². The Morgan fingerprint density at radius 2 is 2.04 bits per heavy atom. The minimum Gasteiger partial charge on any atom is -0.479 e. The first-order valence-corrected chi connectivity index (χ1v) is 8.17. The minimum atomic E-state index is -0.293. The predicted molar refractivity (Wildman–Crippen MR) is 93.2 cm³/mol. The second kappa shape index (κ2) is 7.34. The number of carbonyl (C=O) groups excluding carboxylic acids is 2. The Hall–Kier alpha value is -2.89. The number of halogens is 1. The highest BCUT2D eigenvalue weighted by Gasteiger charge is 2.21. The number of hydrogen-bond acceptors (Lipinski definition) is 3. The van der Waals surface area contributed by atoms with E-state index in [-0.39, 0.29) is 36.6 Å². The zero-order valence-corrected chi connectivity index (χ0v) is 13.8. The van der Waals surface area contributed by atoms with Crippen molar-refractivity contribution in [3.63, 3.8) is 0 Å². The summed E-state index contributed by atoms with van der Waals surface area (Å²) in [5.74, 6) is -0.215. The van der Waals surface area contributed by atoms with Gasteiger partial charge >= 0.3 is 0 Å². The molecule has 2 aromatic rings. The van der Waals surface area contributed by atoms with Crippen LogP contribution in [0.3, 0.4) is 0 Å². The number of amides is 2. The molecular formula is C19H19FN2O3. The van der Waals surface area contributed by atoms with Gasteiger partial charge in [0.2, 0.25) is 5.91 Å². The van der Waals surface area contributed by atoms with Crippen molar-refractivity contribution >= 4 is 23.2 Å². The summed E-state index contributed by atoms with van der Waals surface area (Å²) in [5, 5.41) is 5.55. The molecule has 0 bridgehead atoms. The lowest BCUT2D eigenvalue weighted by Gasteiger charge is -2.21. The monoisotopic (exact) mass is 342 g/mol. The number of benzene rings is 2. The number of anilines is 2. The van der Waals surface area contributed by atoms with Crippen molar-refractivity contribution in [1.29, 1.82) is 0 Å². The van der Waals surface area contributed by atoms with Gasteiger partial charge in [-0.05, 0) is 42.2 Å². The number of rotatable bonds is 5. The average Bonchev–Trinajstić information content (AvgIpc) is 2.60. The van der Waals surface area contributed by atoms with Crippen molar-refractivity contribution in [2.24, 2.45) is 0 Å². The van der Waals surface area contributed by atoms with E-state index in [1.165, 1.54) is 12.1 Å². The summed E-state index contributed by atoms with van der Waals surface area (Å²) in [4.78, 5) is 23.8. The van der Waals surface area contributed by atoms with Gasteiger partial charge in [0.15, 0.2) is 12.4 Å². The highest BCUT2D eigenvalue weighted by molar-refractivity contribution is 6.00. The molecule has 0 fully saturated rings. The first kappa shape index (κ1) is 17.0. The standard InChI is InChI=1S/C19H19FN2O3/c1-2-12(13-6-8-14(20)9-7-13)10-17(23)21-15-4-3-5-16-19(15)25-11-18(24)22-16/h3-9,12H,2,10-11H2,1H3,(H,21,23)(H,22,24). The predicted octanol–water partition coefficient (Wildman–Crippen LogP) is 3.68. The largest absolute Gasteiger partial charge is 0.479 e. The molecule has 0 radical (unpaired) electrons. The smallest absolute Gasteiger partial charge is 0.262 e. The van der Waals surface area contributed by atoms with Crippen LogP contribution >= 0.6 is 0 Å². The van der Waals surface area contributed by atoms with Crippen LogP contribution in [0, 0.1) is 5.82 Å². The number of nitrogens with one attached hydrogen (secondary N) is 2. The molecule has 25 heavy (non-hydrogen) atoms. The zero-order valence-electron chi connectivity index (χ0n) is 13.8. The molecule has 5 nitrogen and oxygen atoms in total. The van der Waals surface area contributed by atoms with Gasteiger partial charge in [-0.1, -0.05) is 25.1 Å². The van der Waals surface area contributed by atoms with E-state index < -0.39 is 0 Å². The third-order valence-corrected chi connectivity index (χ3v) is 4.18. The summed E-state index contributed by atoms with van der Waals surface area (Å²) < 4.78 is 18.5. The zero-order chi connectivity index (χ0) is 17.8. The van der Waals surface area contributed by atoms with Gasteiger partial charge in [-0.25, -0.2) is 4.39 Å². The quantitative estimate of drug-likeness (QED) is 0.871. The van der Waals surface area contributed by atoms with E-state index >= 15 is 0 Å². The van der Waals surface area contributed by atoms with Crippen LogP contribution < -0.4 is 15.4 Å². The van der Waals surface area contributed by atoms with Crippen LogP contribution in [0.15, 0.2) is 42.5 Å². The van der Waals surface area contributed by atoms with Crippen molar-refractivity contribution in [3.8, 4) is 5.75 Å². The SMILES string of the molecule is CCC(CC(=O)Nc1cccc2c1OCC(=O)N2)c1ccc(F)cc1. The fourth-order valence-corrected chi connectivity index (χ4v) is 2.87. The molecule has 2 amide bonds. The van der Waals surface area contributed by atoms with Crippen molar-refractivity contribution in [1.82, 2.24) is 0 Å². The van der Waals surface area contributed by atoms with E-state index in [4.69, 9.17) is 4.74 Å². The summed E-state index contributed by atoms with van der Waals surface area (Å²) in [6, 6.07) is 11.4. The van der Waals surface area contributed by atoms with Crippen LogP contribution in [0.2, 0.25) is 0 Å². The number of fused-ring (bicyclic) bond motifs is 1. The molecular weight excluding hydrogens is 323 g/mol. The van der Waals surface area contributed by atoms with Gasteiger partial charge in [-0.2, -0.15) is 0 Å². The summed E-state index contributed by atoms with van der Waals surface area (Å²) in [6.07, 6.45) is 1.04. The van der Waals surface area contributed by atoms with Crippen molar-refractivity contribution in [3.05, 3.63) is 53.8 Å². The molecule has 0 saturated carbocycles. The Morgan fingerprint density at radius 1 is 1.28 bits per heavy atom. The fraction of sp³-hybridized carbons (Fsp3) is 0.263. The maximum Gasteiger partial charge on any atom is 0.262 e. The molecule has 0 spiro atoms. The first-order chi connectivity index (χ1) is 12.1. The first-order valence-electron chi connectivity index (χ1n) is 8.17. The maximum atomic E-state index is 13.1. The van der Waals surface area contributed by atoms with Crippen LogP contribution in [0.4, 0.5) is 15.8 Å². The van der Waals surface area contributed by atoms with E-state index in [9.17, 15) is 14.0 Å². The van der Waals surface area contributed by atoms with Crippen LogP contribution in [0.1, 0.15) is 31.2 Å². The summed E-state index contributed by atoms with van der Waals surface area (Å²) >= 11 is 0. The van der Waals surface area contributed by atoms with Crippen LogP contribution in [0.5, 0.6) is 5.75 Å². The second-order valence-electron chi connectivity index (χ2n) is 5.93. The molecule has 1 aliphatic heterocycles. The molecule has 6 heteroatoms. The van der Waals surface area contributed by atoms with Gasteiger partial charge in [-0.15, -0.1) is 0 Å². The van der Waals surface area contributed by atoms with Gasteiger partial charge < -0.3 is 15.4 Å². The molecule has 130 valence electrons. The number of ether oxygens (including phenoxy) is 1. The Kier molecular flexibility index (Phi) is 4.97. The highest BCUT2D eigenvalue weighted by Crippen LogP contribution is 2.36. The Balaban J connectivity index is 1.71. The normalized spacial score (nSPS) is 14.1. The minimum absolute atomic E-state index is 0.000703. The van der Waals surface area contributed by atoms with Crippen LogP contribution in [0.25, 0.3) is 0 Å². The van der Waals surface area contributed by atoms with E-state index in [2.05, 4.69) is 10.6 Å². The number of hydrogen-bond donors (Lipinski definition) is 2. The highest BCUT2D eigenvalue weighted by atomic mass is 19.1. The topological polar surface area (TPSA) is 67.4 Å². The van der Waals surface area contributed by atoms with Gasteiger partial charge in [0.1, 0.15) is 5.82 Å². The van der Waals surface area contributed by atoms with E-state index in [0.29, 0.717) is 17.1 Å². The summed E-state index contributed by atoms with van der Waals surface area (Å²) in [5.41, 5.74) is 1.99. The Bertz CT molecular complexity index is 790. The lowest BCUT2D eigenvalue weighted by Crippen LogP contribution is -2.26. The molecule has 0 saturated heterocycles. The molecule has 1 aliphatic rings. The van der Waals surface area contributed by atoms with Gasteiger partial charge in [-0.3, -0.25) is 9.59 Å². The molecule has 1 unspecified atom stereocenters. The Labute approximate surface area is 145 Å². The van der Waals surface area contributed by atoms with Crippen molar-refractivity contribution in [2.45, 2.75) is 25.7 Å².